The Bertz CT molecular complexity index is 968. The van der Waals surface area contributed by atoms with Gasteiger partial charge in [-0.3, -0.25) is 9.59 Å². The fourth-order valence-electron chi connectivity index (χ4n) is 4.55. The zero-order valence-corrected chi connectivity index (χ0v) is 16.7. The van der Waals surface area contributed by atoms with Gasteiger partial charge in [0.2, 0.25) is 5.91 Å². The fraction of sp³-hybridized carbons (Fsp3) is 0.500. The van der Waals surface area contributed by atoms with E-state index in [1.807, 2.05) is 30.3 Å². The number of benzene rings is 1. The molecular formula is C22H26FN5O2. The quantitative estimate of drug-likeness (QED) is 0.678. The number of alkyl halides is 1. The summed E-state index contributed by atoms with van der Waals surface area (Å²) in [6.45, 7) is 0.715. The van der Waals surface area contributed by atoms with Crippen molar-refractivity contribution in [1.82, 2.24) is 20.5 Å². The van der Waals surface area contributed by atoms with Gasteiger partial charge in [0.15, 0.2) is 0 Å². The third kappa shape index (κ3) is 4.31. The highest BCUT2D eigenvalue weighted by molar-refractivity contribution is 6.06. The number of carbonyl (C=O) groups is 2. The van der Waals surface area contributed by atoms with E-state index < -0.39 is 12.2 Å². The Hall–Kier alpha value is -2.92. The van der Waals surface area contributed by atoms with Gasteiger partial charge in [-0.05, 0) is 31.2 Å². The van der Waals surface area contributed by atoms with Gasteiger partial charge in [0, 0.05) is 36.1 Å². The first-order valence-corrected chi connectivity index (χ1v) is 10.5. The highest BCUT2D eigenvalue weighted by atomic mass is 19.1. The maximum atomic E-state index is 13.5. The summed E-state index contributed by atoms with van der Waals surface area (Å²) in [4.78, 5) is 29.3. The molecule has 2 aromatic rings. The van der Waals surface area contributed by atoms with Crippen LogP contribution in [0, 0.1) is 17.2 Å². The van der Waals surface area contributed by atoms with Crippen LogP contribution >= 0.6 is 0 Å². The van der Waals surface area contributed by atoms with Crippen molar-refractivity contribution in [3.8, 4) is 6.07 Å². The molecule has 2 amide bonds. The third-order valence-electron chi connectivity index (χ3n) is 6.19. The zero-order chi connectivity index (χ0) is 21.1. The van der Waals surface area contributed by atoms with Crippen LogP contribution in [0.15, 0.2) is 30.5 Å². The van der Waals surface area contributed by atoms with Crippen LogP contribution in [0.4, 0.5) is 4.39 Å². The summed E-state index contributed by atoms with van der Waals surface area (Å²) in [7, 11) is 0. The van der Waals surface area contributed by atoms with E-state index in [0.29, 0.717) is 18.0 Å². The number of para-hydroxylation sites is 1. The molecule has 1 saturated carbocycles. The predicted octanol–water partition coefficient (Wildman–Crippen LogP) is 2.12. The minimum atomic E-state index is -1.12. The summed E-state index contributed by atoms with van der Waals surface area (Å²) in [5.41, 5.74) is 1.58. The van der Waals surface area contributed by atoms with Gasteiger partial charge >= 0.3 is 0 Å². The summed E-state index contributed by atoms with van der Waals surface area (Å²) in [5.74, 6) is 0.0369. The summed E-state index contributed by atoms with van der Waals surface area (Å²) in [5, 5.41) is 16.3. The number of hydrogen-bond acceptors (Lipinski definition) is 4. The Labute approximate surface area is 174 Å². The van der Waals surface area contributed by atoms with Crippen LogP contribution in [0.25, 0.3) is 10.9 Å². The average molecular weight is 411 g/mol. The van der Waals surface area contributed by atoms with Gasteiger partial charge in [0.1, 0.15) is 12.2 Å². The van der Waals surface area contributed by atoms with Crippen LogP contribution in [0.3, 0.4) is 0 Å². The van der Waals surface area contributed by atoms with Gasteiger partial charge in [-0.2, -0.15) is 5.26 Å². The van der Waals surface area contributed by atoms with Crippen molar-refractivity contribution in [3.05, 3.63) is 36.0 Å². The van der Waals surface area contributed by atoms with E-state index >= 15 is 0 Å². The van der Waals surface area contributed by atoms with E-state index in [4.69, 9.17) is 5.26 Å². The van der Waals surface area contributed by atoms with Gasteiger partial charge in [-0.15, -0.1) is 0 Å². The average Bonchev–Trinajstić information content (AvgIpc) is 3.48. The molecule has 4 atom stereocenters. The maximum absolute atomic E-state index is 13.5. The molecule has 0 spiro atoms. The number of aromatic amines is 1. The third-order valence-corrected chi connectivity index (χ3v) is 6.19. The standard InChI is InChI=1S/C22H26FN5O2/c23-15-8-17(9-24)28(13-15)21(29)12-25-16-6-5-14(7-16)10-27-22(30)19-11-26-20-4-2-1-3-18(19)20/h1-4,11,14-17,25-26H,5-8,10,12-13H2,(H,27,30)/t14-,15-,16+,17-/m0/s1. The Morgan fingerprint density at radius 2 is 2.10 bits per heavy atom. The fourth-order valence-corrected chi connectivity index (χ4v) is 4.55. The van der Waals surface area contributed by atoms with Gasteiger partial charge in [0.05, 0.1) is 24.7 Å². The molecule has 8 heteroatoms. The number of carbonyl (C=O) groups excluding carboxylic acids is 2. The number of amides is 2. The second kappa shape index (κ2) is 8.84. The number of hydrogen-bond donors (Lipinski definition) is 3. The smallest absolute Gasteiger partial charge is 0.253 e. The molecule has 2 fully saturated rings. The van der Waals surface area contributed by atoms with E-state index in [2.05, 4.69) is 15.6 Å². The van der Waals surface area contributed by atoms with Crippen LogP contribution < -0.4 is 10.6 Å². The van der Waals surface area contributed by atoms with Crippen molar-refractivity contribution < 1.29 is 14.0 Å². The number of rotatable bonds is 6. The lowest BCUT2D eigenvalue weighted by Crippen LogP contribution is -2.43. The Morgan fingerprint density at radius 1 is 1.27 bits per heavy atom. The molecule has 0 radical (unpaired) electrons. The lowest BCUT2D eigenvalue weighted by atomic mass is 10.1. The second-order valence-corrected chi connectivity index (χ2v) is 8.24. The first-order chi connectivity index (χ1) is 14.5. The molecule has 2 heterocycles. The largest absolute Gasteiger partial charge is 0.360 e. The number of nitrogens with zero attached hydrogens (tertiary/aromatic N) is 2. The summed E-state index contributed by atoms with van der Waals surface area (Å²) >= 11 is 0. The van der Waals surface area contributed by atoms with E-state index in [9.17, 15) is 14.0 Å². The lowest BCUT2D eigenvalue weighted by molar-refractivity contribution is -0.130. The molecule has 2 aliphatic rings. The van der Waals surface area contributed by atoms with E-state index in [0.717, 1.165) is 30.2 Å². The Kier molecular flexibility index (Phi) is 6.00. The molecule has 0 unspecified atom stereocenters. The molecular weight excluding hydrogens is 385 g/mol. The second-order valence-electron chi connectivity index (χ2n) is 8.24. The van der Waals surface area contributed by atoms with Crippen LogP contribution in [0.1, 0.15) is 36.0 Å². The van der Waals surface area contributed by atoms with Crippen molar-refractivity contribution in [2.45, 2.75) is 43.9 Å². The first kappa shape index (κ1) is 20.4. The highest BCUT2D eigenvalue weighted by Gasteiger charge is 2.35. The number of nitriles is 1. The molecule has 1 saturated heterocycles. The first-order valence-electron chi connectivity index (χ1n) is 10.5. The SMILES string of the molecule is N#C[C@@H]1C[C@H](F)CN1C(=O)CN[C@@H]1CC[C@H](CNC(=O)c2c[nH]c3ccccc23)C1. The van der Waals surface area contributed by atoms with Crippen LogP contribution in [0.2, 0.25) is 0 Å². The number of H-pyrrole nitrogens is 1. The zero-order valence-electron chi connectivity index (χ0n) is 16.7. The Morgan fingerprint density at radius 3 is 2.93 bits per heavy atom. The van der Waals surface area contributed by atoms with Gasteiger partial charge in [0.25, 0.3) is 5.91 Å². The number of nitrogens with one attached hydrogen (secondary N) is 3. The van der Waals surface area contributed by atoms with Gasteiger partial charge < -0.3 is 20.5 Å². The van der Waals surface area contributed by atoms with Crippen molar-refractivity contribution in [3.63, 3.8) is 0 Å². The van der Waals surface area contributed by atoms with Crippen LogP contribution in [0.5, 0.6) is 0 Å². The molecule has 30 heavy (non-hydrogen) atoms. The molecule has 7 nitrogen and oxygen atoms in total. The van der Waals surface area contributed by atoms with Crippen molar-refractivity contribution in [2.75, 3.05) is 19.6 Å². The molecule has 158 valence electrons. The van der Waals surface area contributed by atoms with Crippen molar-refractivity contribution >= 4 is 22.7 Å². The summed E-state index contributed by atoms with van der Waals surface area (Å²) in [6.07, 6.45) is 3.49. The minimum Gasteiger partial charge on any atom is -0.360 e. The molecule has 1 aliphatic carbocycles. The van der Waals surface area contributed by atoms with E-state index in [1.54, 1.807) is 6.20 Å². The Balaban J connectivity index is 1.22. The normalized spacial score (nSPS) is 26.1. The molecule has 1 aromatic carbocycles. The number of halogens is 1. The van der Waals surface area contributed by atoms with E-state index in [1.165, 1.54) is 4.90 Å². The molecule has 0 bridgehead atoms. The minimum absolute atomic E-state index is 0.00585. The van der Waals surface area contributed by atoms with Crippen LogP contribution in [-0.4, -0.2) is 59.6 Å². The van der Waals surface area contributed by atoms with Crippen molar-refractivity contribution in [1.29, 1.82) is 5.26 Å². The topological polar surface area (TPSA) is 101 Å². The maximum Gasteiger partial charge on any atom is 0.253 e. The number of fused-ring (bicyclic) bond motifs is 1. The van der Waals surface area contributed by atoms with E-state index in [-0.39, 0.29) is 37.4 Å². The number of likely N-dealkylation sites (tertiary alicyclic amines) is 1. The van der Waals surface area contributed by atoms with Crippen molar-refractivity contribution in [2.24, 2.45) is 5.92 Å². The monoisotopic (exact) mass is 411 g/mol. The number of aromatic nitrogens is 1. The van der Waals surface area contributed by atoms with Gasteiger partial charge in [-0.25, -0.2) is 4.39 Å². The molecule has 3 N–H and O–H groups in total. The molecule has 4 rings (SSSR count). The van der Waals surface area contributed by atoms with Gasteiger partial charge in [-0.1, -0.05) is 18.2 Å². The summed E-state index contributed by atoms with van der Waals surface area (Å²) in [6, 6.07) is 9.24. The molecule has 1 aliphatic heterocycles. The van der Waals surface area contributed by atoms with Crippen LogP contribution in [-0.2, 0) is 4.79 Å². The highest BCUT2D eigenvalue weighted by Crippen LogP contribution is 2.26. The predicted molar refractivity (Wildman–Crippen MR) is 110 cm³/mol. The lowest BCUT2D eigenvalue weighted by Gasteiger charge is -2.21. The summed E-state index contributed by atoms with van der Waals surface area (Å²) < 4.78 is 13.5. The molecule has 1 aromatic heterocycles.